The molecular weight excluding hydrogens is 686 g/mol. The maximum absolute atomic E-state index is 14.9. The summed E-state index contributed by atoms with van der Waals surface area (Å²) >= 11 is 0. The zero-order valence-corrected chi connectivity index (χ0v) is 34.7. The van der Waals surface area contributed by atoms with Crippen LogP contribution in [0.1, 0.15) is 133 Å². The second kappa shape index (κ2) is 14.7. The van der Waals surface area contributed by atoms with E-state index in [-0.39, 0.29) is 40.5 Å². The highest BCUT2D eigenvalue weighted by Crippen LogP contribution is 2.88. The molecule has 6 N–H and O–H groups in total. The van der Waals surface area contributed by atoms with E-state index in [4.69, 9.17) is 5.73 Å². The van der Waals surface area contributed by atoms with E-state index in [1.807, 2.05) is 55.4 Å². The number of hydrogen-bond donors (Lipinski definition) is 5. The van der Waals surface area contributed by atoms with Gasteiger partial charge in [0.25, 0.3) is 5.91 Å². The van der Waals surface area contributed by atoms with Crippen molar-refractivity contribution in [2.45, 2.75) is 163 Å². The molecule has 0 aromatic carbocycles. The molecule has 5 atom stereocenters. The van der Waals surface area contributed by atoms with E-state index in [0.717, 1.165) is 64.5 Å². The molecule has 2 saturated heterocycles. The van der Waals surface area contributed by atoms with Gasteiger partial charge in [0, 0.05) is 18.5 Å². The molecule has 5 fully saturated rings. The Kier molecular flexibility index (Phi) is 11.4. The minimum absolute atomic E-state index is 0.0255. The third kappa shape index (κ3) is 7.51. The van der Waals surface area contributed by atoms with Gasteiger partial charge < -0.3 is 31.9 Å². The first kappa shape index (κ1) is 41.9. The van der Waals surface area contributed by atoms with E-state index >= 15 is 0 Å². The first-order chi connectivity index (χ1) is 24.9. The van der Waals surface area contributed by atoms with Crippen LogP contribution in [0.25, 0.3) is 0 Å². The summed E-state index contributed by atoms with van der Waals surface area (Å²) in [7, 11) is 0. The van der Waals surface area contributed by atoms with Crippen molar-refractivity contribution in [2.24, 2.45) is 38.7 Å². The molecule has 5 aliphatic rings. The van der Waals surface area contributed by atoms with Gasteiger partial charge in [0.2, 0.25) is 23.5 Å². The van der Waals surface area contributed by atoms with Crippen LogP contribution in [0.2, 0.25) is 0 Å². The Bertz CT molecular complexity index is 1500. The van der Waals surface area contributed by atoms with Crippen LogP contribution in [0.15, 0.2) is 0 Å². The molecule has 13 heteroatoms. The van der Waals surface area contributed by atoms with Crippen LogP contribution in [0.5, 0.6) is 0 Å². The zero-order chi connectivity index (χ0) is 40.2. The molecule has 6 amide bonds. The number of fused-ring (bicyclic) bond motifs is 1. The number of likely N-dealkylation sites (tertiary alicyclic amines) is 2. The lowest BCUT2D eigenvalue weighted by molar-refractivity contribution is -0.143. The number of primary amides is 1. The molecule has 5 rings (SSSR count). The Labute approximate surface area is 322 Å². The molecule has 2 heterocycles. The minimum atomic E-state index is -1.08. The highest BCUT2D eigenvalue weighted by Gasteiger charge is 2.85. The average molecular weight is 756 g/mol. The first-order valence-corrected chi connectivity index (χ1v) is 20.4. The van der Waals surface area contributed by atoms with Crippen molar-refractivity contribution < 1.29 is 28.8 Å². The van der Waals surface area contributed by atoms with Crippen LogP contribution >= 0.6 is 0 Å². The number of Topliss-reactive ketones (excluding diaryl/α,β-unsaturated/α-hetero) is 1. The molecular formula is C41H69N7O6. The fraction of sp³-hybridized carbons (Fsp3) is 0.854. The van der Waals surface area contributed by atoms with Gasteiger partial charge >= 0.3 is 6.03 Å². The van der Waals surface area contributed by atoms with E-state index in [1.165, 1.54) is 0 Å². The molecule has 304 valence electrons. The molecule has 2 spiro atoms. The molecule has 0 radical (unpaired) electrons. The highest BCUT2D eigenvalue weighted by atomic mass is 16.2. The summed E-state index contributed by atoms with van der Waals surface area (Å²) in [5.74, 6) is -2.61. The fourth-order valence-corrected chi connectivity index (χ4v) is 10.3. The lowest BCUT2D eigenvalue weighted by Crippen LogP contribution is -2.62. The number of urea groups is 1. The molecule has 3 aliphatic carbocycles. The second-order valence-electron chi connectivity index (χ2n) is 20.4. The van der Waals surface area contributed by atoms with E-state index in [9.17, 15) is 28.8 Å². The molecule has 54 heavy (non-hydrogen) atoms. The normalized spacial score (nSPS) is 26.6. The molecule has 0 aromatic rings. The van der Waals surface area contributed by atoms with Crippen LogP contribution in [0, 0.1) is 33.0 Å². The van der Waals surface area contributed by atoms with Gasteiger partial charge in [-0.3, -0.25) is 28.9 Å². The predicted molar refractivity (Wildman–Crippen MR) is 207 cm³/mol. The van der Waals surface area contributed by atoms with Crippen LogP contribution in [0.3, 0.4) is 0 Å². The van der Waals surface area contributed by atoms with Crippen molar-refractivity contribution in [1.82, 2.24) is 31.1 Å². The number of rotatable bonds is 13. The van der Waals surface area contributed by atoms with Crippen LogP contribution in [0.4, 0.5) is 4.79 Å². The van der Waals surface area contributed by atoms with Crippen LogP contribution in [-0.4, -0.2) is 101 Å². The van der Waals surface area contributed by atoms with Gasteiger partial charge in [-0.05, 0) is 93.0 Å². The summed E-state index contributed by atoms with van der Waals surface area (Å²) < 4.78 is 0. The third-order valence-corrected chi connectivity index (χ3v) is 14.7. The number of nitrogens with one attached hydrogen (secondary N) is 4. The maximum atomic E-state index is 14.9. The summed E-state index contributed by atoms with van der Waals surface area (Å²) in [4.78, 5) is 85.3. The third-order valence-electron chi connectivity index (χ3n) is 14.7. The molecule has 13 nitrogen and oxygen atoms in total. The number of hydrogen-bond acceptors (Lipinski definition) is 7. The summed E-state index contributed by atoms with van der Waals surface area (Å²) in [5.41, 5.74) is 3.22. The molecule has 1 unspecified atom stereocenters. The van der Waals surface area contributed by atoms with Crippen molar-refractivity contribution in [3.05, 3.63) is 0 Å². The van der Waals surface area contributed by atoms with Crippen LogP contribution in [-0.2, 0) is 24.0 Å². The minimum Gasteiger partial charge on any atom is -0.363 e. The molecule has 2 aliphatic heterocycles. The number of carbonyl (C=O) groups is 6. The quantitative estimate of drug-likeness (QED) is 0.178. The van der Waals surface area contributed by atoms with Gasteiger partial charge in [-0.1, -0.05) is 81.1 Å². The van der Waals surface area contributed by atoms with Gasteiger partial charge in [0.1, 0.15) is 12.1 Å². The molecule has 0 bridgehead atoms. The topological polar surface area (TPSA) is 183 Å². The number of nitrogens with two attached hydrogens (primary N) is 1. The van der Waals surface area contributed by atoms with Crippen molar-refractivity contribution in [1.29, 1.82) is 0 Å². The first-order valence-electron chi connectivity index (χ1n) is 20.4. The van der Waals surface area contributed by atoms with Gasteiger partial charge in [0.05, 0.1) is 17.6 Å². The lowest BCUT2D eigenvalue weighted by Gasteiger charge is -2.38. The van der Waals surface area contributed by atoms with Gasteiger partial charge in [-0.2, -0.15) is 0 Å². The van der Waals surface area contributed by atoms with E-state index < -0.39 is 64.2 Å². The Morgan fingerprint density at radius 3 is 1.87 bits per heavy atom. The standard InChI is InChI=1S/C41H69N7O6/c1-36(2,3)28(23-43-34(53)38(7,8)47-19-11-12-20-47)45-35(54)46-30(37(4,5)6)33(52)48-24-41(39(9,10)40(41)17-14-18-40)22-27(48)32(51)44-26(29(49)31(42)50)21-25-15-13-16-25/h25-28,30H,11-24H2,1-10H3,(H2,42,50)(H,43,53)(H,44,51)(H2,45,46,54)/t26?,27-,28+,30+,41+/m0/s1. The molecule has 3 saturated carbocycles. The van der Waals surface area contributed by atoms with Crippen molar-refractivity contribution >= 4 is 35.4 Å². The Morgan fingerprint density at radius 2 is 1.41 bits per heavy atom. The van der Waals surface area contributed by atoms with Gasteiger partial charge in [0.15, 0.2) is 0 Å². The summed E-state index contributed by atoms with van der Waals surface area (Å²) in [5, 5.41) is 12.0. The highest BCUT2D eigenvalue weighted by molar-refractivity contribution is 6.37. The van der Waals surface area contributed by atoms with Gasteiger partial charge in [-0.25, -0.2) is 4.79 Å². The second-order valence-corrected chi connectivity index (χ2v) is 20.4. The van der Waals surface area contributed by atoms with Crippen molar-refractivity contribution in [2.75, 3.05) is 26.2 Å². The smallest absolute Gasteiger partial charge is 0.315 e. The Hall–Kier alpha value is -3.22. The summed E-state index contributed by atoms with van der Waals surface area (Å²) in [6.45, 7) is 22.3. The fourth-order valence-electron chi connectivity index (χ4n) is 10.3. The SMILES string of the molecule is CC(C)(C)[C@H](NC(=O)N[C@H](CNC(=O)C(C)(C)N1CCCC1)C(C)(C)C)C(=O)N1C[C@]2(C[C@H]1C(=O)NC(CC1CCC1)C(=O)C(N)=O)C(C)(C)C21CCC1. The van der Waals surface area contributed by atoms with E-state index in [0.29, 0.717) is 19.4 Å². The number of amides is 6. The van der Waals surface area contributed by atoms with E-state index in [2.05, 4.69) is 40.0 Å². The number of ketones is 1. The summed E-state index contributed by atoms with van der Waals surface area (Å²) in [6.07, 6.45) is 8.96. The number of carbonyl (C=O) groups excluding carboxylic acids is 6. The average Bonchev–Trinajstić information content (AvgIpc) is 3.52. The zero-order valence-electron chi connectivity index (χ0n) is 34.7. The Morgan fingerprint density at radius 1 is 0.796 bits per heavy atom. The lowest BCUT2D eigenvalue weighted by atomic mass is 9.73. The van der Waals surface area contributed by atoms with E-state index in [1.54, 1.807) is 4.90 Å². The predicted octanol–water partition coefficient (Wildman–Crippen LogP) is 3.63. The van der Waals surface area contributed by atoms with Crippen molar-refractivity contribution in [3.63, 3.8) is 0 Å². The van der Waals surface area contributed by atoms with Crippen LogP contribution < -0.4 is 27.0 Å². The largest absolute Gasteiger partial charge is 0.363 e. The monoisotopic (exact) mass is 756 g/mol. The Balaban J connectivity index is 1.35. The maximum Gasteiger partial charge on any atom is 0.315 e. The molecule has 0 aromatic heterocycles. The number of nitrogens with zero attached hydrogens (tertiary/aromatic N) is 2. The van der Waals surface area contributed by atoms with Gasteiger partial charge in [-0.15, -0.1) is 0 Å². The summed E-state index contributed by atoms with van der Waals surface area (Å²) in [6, 6.07) is -3.92. The van der Waals surface area contributed by atoms with Crippen molar-refractivity contribution in [3.8, 4) is 0 Å².